The molecular formula is C11H15ClN2. The molecule has 0 unspecified atom stereocenters. The Morgan fingerprint density at radius 2 is 2.29 bits per heavy atom. The highest BCUT2D eigenvalue weighted by Gasteiger charge is 2.57. The van der Waals surface area contributed by atoms with Crippen LogP contribution in [0.3, 0.4) is 0 Å². The van der Waals surface area contributed by atoms with Crippen LogP contribution in [-0.2, 0) is 0 Å². The number of hydrogen-bond acceptors (Lipinski definition) is 2. The van der Waals surface area contributed by atoms with Gasteiger partial charge in [-0.1, -0.05) is 31.5 Å². The van der Waals surface area contributed by atoms with Crippen molar-refractivity contribution in [1.82, 2.24) is 4.98 Å². The number of aromatic nitrogens is 1. The van der Waals surface area contributed by atoms with Crippen LogP contribution in [0.15, 0.2) is 18.3 Å². The Morgan fingerprint density at radius 3 is 2.79 bits per heavy atom. The van der Waals surface area contributed by atoms with Crippen molar-refractivity contribution in [3.63, 3.8) is 0 Å². The molecule has 1 aromatic heterocycles. The average Bonchev–Trinajstić information content (AvgIpc) is 2.69. The van der Waals surface area contributed by atoms with Gasteiger partial charge in [0.25, 0.3) is 0 Å². The first-order chi connectivity index (χ1) is 6.59. The lowest BCUT2D eigenvalue weighted by molar-refractivity contribution is 0.558. The molecule has 0 spiro atoms. The monoisotopic (exact) mass is 210 g/mol. The van der Waals surface area contributed by atoms with Crippen molar-refractivity contribution >= 4 is 11.6 Å². The molecule has 1 heterocycles. The number of nitrogens with two attached hydrogens (primary N) is 1. The summed E-state index contributed by atoms with van der Waals surface area (Å²) >= 11 is 6.06. The van der Waals surface area contributed by atoms with Gasteiger partial charge < -0.3 is 5.73 Å². The minimum absolute atomic E-state index is 0.279. The second kappa shape index (κ2) is 3.21. The second-order valence-corrected chi connectivity index (χ2v) is 4.88. The van der Waals surface area contributed by atoms with E-state index in [0.29, 0.717) is 17.0 Å². The molecule has 14 heavy (non-hydrogen) atoms. The fourth-order valence-corrected chi connectivity index (χ4v) is 2.67. The summed E-state index contributed by atoms with van der Waals surface area (Å²) in [4.78, 5) is 4.10. The molecule has 2 nitrogen and oxygen atoms in total. The van der Waals surface area contributed by atoms with Crippen molar-refractivity contribution in [2.75, 3.05) is 6.54 Å². The maximum Gasteiger partial charge on any atom is 0.132 e. The molecule has 2 rings (SSSR count). The second-order valence-electron chi connectivity index (χ2n) is 4.52. The van der Waals surface area contributed by atoms with Crippen LogP contribution in [0.2, 0.25) is 5.15 Å². The van der Waals surface area contributed by atoms with Crippen LogP contribution < -0.4 is 5.73 Å². The summed E-state index contributed by atoms with van der Waals surface area (Å²) in [6.07, 6.45) is 1.72. The highest BCUT2D eigenvalue weighted by atomic mass is 35.5. The van der Waals surface area contributed by atoms with Gasteiger partial charge in [0.2, 0.25) is 0 Å². The minimum Gasteiger partial charge on any atom is -0.330 e. The molecule has 1 aliphatic carbocycles. The Bertz CT molecular complexity index is 349. The molecule has 0 aromatic carbocycles. The summed E-state index contributed by atoms with van der Waals surface area (Å²) in [5.41, 5.74) is 7.15. The molecule has 1 aromatic rings. The summed E-state index contributed by atoms with van der Waals surface area (Å²) < 4.78 is 0. The Kier molecular flexibility index (Phi) is 2.28. The highest BCUT2D eigenvalue weighted by molar-refractivity contribution is 6.30. The first kappa shape index (κ1) is 9.94. The Balaban J connectivity index is 2.31. The zero-order valence-corrected chi connectivity index (χ0v) is 9.25. The quantitative estimate of drug-likeness (QED) is 0.762. The molecule has 0 aliphatic heterocycles. The van der Waals surface area contributed by atoms with Gasteiger partial charge >= 0.3 is 0 Å². The van der Waals surface area contributed by atoms with Crippen molar-refractivity contribution in [3.05, 3.63) is 29.0 Å². The predicted molar refractivity (Wildman–Crippen MR) is 58.3 cm³/mol. The van der Waals surface area contributed by atoms with E-state index in [4.69, 9.17) is 17.3 Å². The maximum absolute atomic E-state index is 6.06. The summed E-state index contributed by atoms with van der Waals surface area (Å²) in [5.74, 6) is 1.03. The molecule has 2 N–H and O–H groups in total. The van der Waals surface area contributed by atoms with E-state index in [1.54, 1.807) is 6.20 Å². The third kappa shape index (κ3) is 1.33. The smallest absolute Gasteiger partial charge is 0.132 e. The fraction of sp³-hybridized carbons (Fsp3) is 0.545. The van der Waals surface area contributed by atoms with Gasteiger partial charge in [0.15, 0.2) is 0 Å². The summed E-state index contributed by atoms with van der Waals surface area (Å²) in [6, 6.07) is 3.99. The Labute approximate surface area is 89.5 Å². The third-order valence-electron chi connectivity index (χ3n) is 3.43. The van der Waals surface area contributed by atoms with Gasteiger partial charge in [0, 0.05) is 6.20 Å². The van der Waals surface area contributed by atoms with E-state index < -0.39 is 0 Å². The van der Waals surface area contributed by atoms with E-state index in [-0.39, 0.29) is 5.41 Å². The van der Waals surface area contributed by atoms with Crippen molar-refractivity contribution in [2.24, 2.45) is 17.1 Å². The lowest BCUT2D eigenvalue weighted by Crippen LogP contribution is -2.05. The van der Waals surface area contributed by atoms with E-state index in [9.17, 15) is 0 Å². The summed E-state index contributed by atoms with van der Waals surface area (Å²) in [6.45, 7) is 5.19. The molecule has 0 saturated heterocycles. The van der Waals surface area contributed by atoms with Crippen LogP contribution >= 0.6 is 11.6 Å². The predicted octanol–water partition coefficient (Wildman–Crippen LogP) is 2.43. The maximum atomic E-state index is 6.06. The van der Waals surface area contributed by atoms with Gasteiger partial charge in [-0.15, -0.1) is 0 Å². The van der Waals surface area contributed by atoms with Crippen LogP contribution in [0.25, 0.3) is 0 Å². The summed E-state index contributed by atoms with van der Waals surface area (Å²) in [5, 5.41) is 0.626. The van der Waals surface area contributed by atoms with Crippen LogP contribution in [0.1, 0.15) is 25.3 Å². The molecular weight excluding hydrogens is 196 g/mol. The standard InChI is InChI=1S/C11H15ClN2/c1-11(2)8(6-13)9(11)7-4-3-5-14-10(7)12/h3-5,8-9H,6,13H2,1-2H3/t8-,9-/m0/s1. The highest BCUT2D eigenvalue weighted by Crippen LogP contribution is 2.64. The average molecular weight is 211 g/mol. The van der Waals surface area contributed by atoms with Crippen LogP contribution in [0, 0.1) is 11.3 Å². The molecule has 0 amide bonds. The van der Waals surface area contributed by atoms with Gasteiger partial charge in [-0.3, -0.25) is 0 Å². The third-order valence-corrected chi connectivity index (χ3v) is 3.74. The minimum atomic E-state index is 0.279. The van der Waals surface area contributed by atoms with Crippen LogP contribution in [-0.4, -0.2) is 11.5 Å². The zero-order chi connectivity index (χ0) is 10.3. The Hall–Kier alpha value is -0.600. The van der Waals surface area contributed by atoms with Crippen LogP contribution in [0.5, 0.6) is 0 Å². The van der Waals surface area contributed by atoms with Gasteiger partial charge in [0.1, 0.15) is 5.15 Å². The van der Waals surface area contributed by atoms with E-state index >= 15 is 0 Å². The topological polar surface area (TPSA) is 38.9 Å². The van der Waals surface area contributed by atoms with Crippen LogP contribution in [0.4, 0.5) is 0 Å². The van der Waals surface area contributed by atoms with Crippen molar-refractivity contribution < 1.29 is 0 Å². The molecule has 1 aliphatic rings. The van der Waals surface area contributed by atoms with Gasteiger partial charge in [-0.2, -0.15) is 0 Å². The number of rotatable bonds is 2. The zero-order valence-electron chi connectivity index (χ0n) is 8.50. The molecule has 2 atom stereocenters. The normalized spacial score (nSPS) is 28.9. The van der Waals surface area contributed by atoms with E-state index in [0.717, 1.165) is 12.1 Å². The van der Waals surface area contributed by atoms with Crippen molar-refractivity contribution in [2.45, 2.75) is 19.8 Å². The SMILES string of the molecule is CC1(C)[C@@H](CN)[C@@H]1c1cccnc1Cl. The molecule has 0 radical (unpaired) electrons. The van der Waals surface area contributed by atoms with Gasteiger partial charge in [-0.05, 0) is 35.4 Å². The molecule has 0 bridgehead atoms. The van der Waals surface area contributed by atoms with Crippen molar-refractivity contribution in [3.8, 4) is 0 Å². The Morgan fingerprint density at radius 1 is 1.57 bits per heavy atom. The van der Waals surface area contributed by atoms with Crippen molar-refractivity contribution in [1.29, 1.82) is 0 Å². The number of halogens is 1. The molecule has 1 saturated carbocycles. The summed E-state index contributed by atoms with van der Waals surface area (Å²) in [7, 11) is 0. The van der Waals surface area contributed by atoms with Gasteiger partial charge in [-0.25, -0.2) is 4.98 Å². The first-order valence-electron chi connectivity index (χ1n) is 4.89. The van der Waals surface area contributed by atoms with E-state index in [1.165, 1.54) is 0 Å². The molecule has 1 fully saturated rings. The van der Waals surface area contributed by atoms with Gasteiger partial charge in [0.05, 0.1) is 0 Å². The molecule has 3 heteroatoms. The first-order valence-corrected chi connectivity index (χ1v) is 5.27. The van der Waals surface area contributed by atoms with E-state index in [1.807, 2.05) is 6.07 Å². The number of nitrogens with zero attached hydrogens (tertiary/aromatic N) is 1. The number of hydrogen-bond donors (Lipinski definition) is 1. The lowest BCUT2D eigenvalue weighted by atomic mass is 10.1. The number of pyridine rings is 1. The van der Waals surface area contributed by atoms with E-state index in [2.05, 4.69) is 24.9 Å². The largest absolute Gasteiger partial charge is 0.330 e. The fourth-order valence-electron chi connectivity index (χ4n) is 2.43. The lowest BCUT2D eigenvalue weighted by Gasteiger charge is -2.03. The molecule has 76 valence electrons.